The van der Waals surface area contributed by atoms with Crippen molar-refractivity contribution in [3.05, 3.63) is 33.2 Å². The molecule has 0 fully saturated rings. The summed E-state index contributed by atoms with van der Waals surface area (Å²) in [5.74, 6) is -0.804. The SMILES string of the molecule is CCOC(=O)c1c(C)cc(C(F)F)[nH]c1=O. The topological polar surface area (TPSA) is 59.2 Å². The number of carbonyl (C=O) groups is 1. The zero-order valence-electron chi connectivity index (χ0n) is 8.84. The molecule has 0 aliphatic carbocycles. The number of rotatable bonds is 3. The molecule has 1 aromatic rings. The molecule has 0 saturated carbocycles. The maximum Gasteiger partial charge on any atom is 0.344 e. The smallest absolute Gasteiger partial charge is 0.344 e. The van der Waals surface area contributed by atoms with Crippen LogP contribution in [0.2, 0.25) is 0 Å². The molecule has 1 N–H and O–H groups in total. The fourth-order valence-electron chi connectivity index (χ4n) is 1.29. The van der Waals surface area contributed by atoms with Crippen molar-refractivity contribution in [3.63, 3.8) is 0 Å². The number of aryl methyl sites for hydroxylation is 1. The largest absolute Gasteiger partial charge is 0.462 e. The first-order valence-corrected chi connectivity index (χ1v) is 4.66. The van der Waals surface area contributed by atoms with Crippen molar-refractivity contribution < 1.29 is 18.3 Å². The number of hydrogen-bond acceptors (Lipinski definition) is 3. The first-order chi connectivity index (χ1) is 7.47. The van der Waals surface area contributed by atoms with Gasteiger partial charge in [-0.05, 0) is 25.5 Å². The summed E-state index contributed by atoms with van der Waals surface area (Å²) in [5, 5.41) is 0. The van der Waals surface area contributed by atoms with Crippen molar-refractivity contribution >= 4 is 5.97 Å². The van der Waals surface area contributed by atoms with Crippen molar-refractivity contribution in [1.82, 2.24) is 4.98 Å². The fourth-order valence-corrected chi connectivity index (χ4v) is 1.29. The lowest BCUT2D eigenvalue weighted by molar-refractivity contribution is 0.0522. The Morgan fingerprint density at radius 1 is 1.56 bits per heavy atom. The van der Waals surface area contributed by atoms with E-state index >= 15 is 0 Å². The number of nitrogens with one attached hydrogen (secondary N) is 1. The average Bonchev–Trinajstić information content (AvgIpc) is 2.16. The molecule has 0 spiro atoms. The summed E-state index contributed by atoms with van der Waals surface area (Å²) in [6, 6.07) is 1.07. The molecular formula is C10H11F2NO3. The quantitative estimate of drug-likeness (QED) is 0.807. The second kappa shape index (κ2) is 4.87. The Morgan fingerprint density at radius 3 is 2.62 bits per heavy atom. The van der Waals surface area contributed by atoms with Crippen LogP contribution in [0.15, 0.2) is 10.9 Å². The maximum absolute atomic E-state index is 12.3. The first-order valence-electron chi connectivity index (χ1n) is 4.66. The number of hydrogen-bond donors (Lipinski definition) is 1. The van der Waals surface area contributed by atoms with Gasteiger partial charge in [-0.15, -0.1) is 0 Å². The van der Waals surface area contributed by atoms with Gasteiger partial charge in [0.2, 0.25) is 0 Å². The van der Waals surface area contributed by atoms with Gasteiger partial charge in [0.25, 0.3) is 12.0 Å². The Labute approximate surface area is 90.2 Å². The van der Waals surface area contributed by atoms with Crippen molar-refractivity contribution in [2.75, 3.05) is 6.61 Å². The Balaban J connectivity index is 3.23. The van der Waals surface area contributed by atoms with E-state index in [0.717, 1.165) is 6.07 Å². The van der Waals surface area contributed by atoms with E-state index in [-0.39, 0.29) is 17.7 Å². The number of H-pyrrole nitrogens is 1. The predicted molar refractivity (Wildman–Crippen MR) is 52.7 cm³/mol. The van der Waals surface area contributed by atoms with Crippen LogP contribution in [0, 0.1) is 6.92 Å². The molecule has 1 aromatic heterocycles. The molecule has 0 aliphatic rings. The highest BCUT2D eigenvalue weighted by atomic mass is 19.3. The standard InChI is InChI=1S/C10H11F2NO3/c1-3-16-10(15)7-5(2)4-6(8(11)12)13-9(7)14/h4,8H,3H2,1-2H3,(H,13,14). The lowest BCUT2D eigenvalue weighted by Crippen LogP contribution is -2.22. The van der Waals surface area contributed by atoms with Gasteiger partial charge in [0.05, 0.1) is 12.3 Å². The summed E-state index contributed by atoms with van der Waals surface area (Å²) in [4.78, 5) is 24.7. The van der Waals surface area contributed by atoms with Crippen LogP contribution in [-0.4, -0.2) is 17.6 Å². The summed E-state index contributed by atoms with van der Waals surface area (Å²) in [5.41, 5.74) is -1.41. The highest BCUT2D eigenvalue weighted by molar-refractivity contribution is 5.90. The highest BCUT2D eigenvalue weighted by Gasteiger charge is 2.18. The van der Waals surface area contributed by atoms with Gasteiger partial charge >= 0.3 is 5.97 Å². The number of halogens is 2. The Hall–Kier alpha value is -1.72. The molecule has 0 amide bonds. The molecule has 1 heterocycles. The van der Waals surface area contributed by atoms with Crippen LogP contribution in [0.1, 0.15) is 35.0 Å². The number of pyridine rings is 1. The van der Waals surface area contributed by atoms with E-state index in [2.05, 4.69) is 4.74 Å². The normalized spacial score (nSPS) is 10.6. The van der Waals surface area contributed by atoms with Gasteiger partial charge in [-0.3, -0.25) is 4.79 Å². The molecule has 0 unspecified atom stereocenters. The first kappa shape index (κ1) is 12.4. The number of carbonyl (C=O) groups excluding carboxylic acids is 1. The van der Waals surface area contributed by atoms with Crippen LogP contribution < -0.4 is 5.56 Å². The monoisotopic (exact) mass is 231 g/mol. The van der Waals surface area contributed by atoms with Gasteiger partial charge in [0, 0.05) is 0 Å². The van der Waals surface area contributed by atoms with Crippen molar-refractivity contribution in [2.45, 2.75) is 20.3 Å². The third-order valence-corrected chi connectivity index (χ3v) is 1.97. The molecule has 88 valence electrons. The van der Waals surface area contributed by atoms with E-state index in [9.17, 15) is 18.4 Å². The number of ether oxygens (including phenoxy) is 1. The molecule has 1 rings (SSSR count). The zero-order valence-corrected chi connectivity index (χ0v) is 8.84. The van der Waals surface area contributed by atoms with Crippen LogP contribution in [-0.2, 0) is 4.74 Å². The van der Waals surface area contributed by atoms with E-state index in [4.69, 9.17) is 0 Å². The number of aromatic nitrogens is 1. The van der Waals surface area contributed by atoms with Crippen molar-refractivity contribution in [2.24, 2.45) is 0 Å². The molecular weight excluding hydrogens is 220 g/mol. The van der Waals surface area contributed by atoms with Crippen LogP contribution >= 0.6 is 0 Å². The molecule has 6 heteroatoms. The van der Waals surface area contributed by atoms with Crippen LogP contribution in [0.4, 0.5) is 8.78 Å². The number of esters is 1. The third-order valence-electron chi connectivity index (χ3n) is 1.97. The minimum atomic E-state index is -2.78. The Bertz CT molecular complexity index is 454. The molecule has 16 heavy (non-hydrogen) atoms. The van der Waals surface area contributed by atoms with Crippen LogP contribution in [0.3, 0.4) is 0 Å². The number of aromatic amines is 1. The highest BCUT2D eigenvalue weighted by Crippen LogP contribution is 2.17. The third kappa shape index (κ3) is 2.44. The molecule has 0 atom stereocenters. The molecule has 0 aromatic carbocycles. The minimum absolute atomic E-state index is 0.119. The number of alkyl halides is 2. The summed E-state index contributed by atoms with van der Waals surface area (Å²) < 4.78 is 29.3. The summed E-state index contributed by atoms with van der Waals surface area (Å²) in [6.45, 7) is 3.12. The fraction of sp³-hybridized carbons (Fsp3) is 0.400. The van der Waals surface area contributed by atoms with E-state index in [1.807, 2.05) is 4.98 Å². The van der Waals surface area contributed by atoms with Gasteiger partial charge < -0.3 is 9.72 Å². The van der Waals surface area contributed by atoms with Gasteiger partial charge in [0.1, 0.15) is 5.56 Å². The van der Waals surface area contributed by atoms with Crippen LogP contribution in [0.25, 0.3) is 0 Å². The zero-order chi connectivity index (χ0) is 12.3. The predicted octanol–water partition coefficient (Wildman–Crippen LogP) is 1.80. The van der Waals surface area contributed by atoms with E-state index in [1.165, 1.54) is 6.92 Å². The molecule has 0 radical (unpaired) electrons. The summed E-state index contributed by atoms with van der Waals surface area (Å²) >= 11 is 0. The second-order valence-electron chi connectivity index (χ2n) is 3.13. The molecule has 0 bridgehead atoms. The second-order valence-corrected chi connectivity index (χ2v) is 3.13. The Kier molecular flexibility index (Phi) is 3.76. The Morgan fingerprint density at radius 2 is 2.19 bits per heavy atom. The maximum atomic E-state index is 12.3. The van der Waals surface area contributed by atoms with Gasteiger partial charge in [-0.1, -0.05) is 0 Å². The van der Waals surface area contributed by atoms with E-state index in [0.29, 0.717) is 0 Å². The average molecular weight is 231 g/mol. The molecule has 4 nitrogen and oxygen atoms in total. The summed E-state index contributed by atoms with van der Waals surface area (Å²) in [6.07, 6.45) is -2.78. The molecule has 0 saturated heterocycles. The summed E-state index contributed by atoms with van der Waals surface area (Å²) in [7, 11) is 0. The van der Waals surface area contributed by atoms with Crippen LogP contribution in [0.5, 0.6) is 0 Å². The van der Waals surface area contributed by atoms with Gasteiger partial charge in [-0.25, -0.2) is 13.6 Å². The van der Waals surface area contributed by atoms with E-state index in [1.54, 1.807) is 6.92 Å². The van der Waals surface area contributed by atoms with Crippen molar-refractivity contribution in [3.8, 4) is 0 Å². The van der Waals surface area contributed by atoms with Crippen molar-refractivity contribution in [1.29, 1.82) is 0 Å². The lowest BCUT2D eigenvalue weighted by Gasteiger charge is -2.06. The lowest BCUT2D eigenvalue weighted by atomic mass is 10.1. The van der Waals surface area contributed by atoms with Gasteiger partial charge in [0.15, 0.2) is 0 Å². The van der Waals surface area contributed by atoms with Gasteiger partial charge in [-0.2, -0.15) is 0 Å². The minimum Gasteiger partial charge on any atom is -0.462 e. The molecule has 0 aliphatic heterocycles. The van der Waals surface area contributed by atoms with E-state index < -0.39 is 23.6 Å².